The molecule has 1 heterocycles. The van der Waals surface area contributed by atoms with Gasteiger partial charge in [-0.3, -0.25) is 10.5 Å². The number of carbonyl (C=O) groups excluding carboxylic acids is 1. The molecule has 1 saturated carbocycles. The van der Waals surface area contributed by atoms with Crippen molar-refractivity contribution >= 4 is 28.5 Å². The van der Waals surface area contributed by atoms with Gasteiger partial charge < -0.3 is 10.6 Å². The largest absolute Gasteiger partial charge is 0.337 e. The van der Waals surface area contributed by atoms with Crippen molar-refractivity contribution in [2.45, 2.75) is 25.4 Å². The van der Waals surface area contributed by atoms with Gasteiger partial charge in [0.1, 0.15) is 0 Å². The number of hydrogen-bond donors (Lipinski definition) is 3. The van der Waals surface area contributed by atoms with Crippen molar-refractivity contribution in [1.82, 2.24) is 5.32 Å². The quantitative estimate of drug-likeness (QED) is 0.749. The Kier molecular flexibility index (Phi) is 3.47. The van der Waals surface area contributed by atoms with Crippen LogP contribution in [0.5, 0.6) is 0 Å². The van der Waals surface area contributed by atoms with Gasteiger partial charge in [0.15, 0.2) is 11.0 Å². The second kappa shape index (κ2) is 5.16. The van der Waals surface area contributed by atoms with E-state index < -0.39 is 5.66 Å². The predicted molar refractivity (Wildman–Crippen MR) is 83.8 cm³/mol. The summed E-state index contributed by atoms with van der Waals surface area (Å²) >= 11 is 5.93. The minimum atomic E-state index is -1.01. The summed E-state index contributed by atoms with van der Waals surface area (Å²) in [5, 5.41) is 5.99. The first kappa shape index (κ1) is 14.1. The van der Waals surface area contributed by atoms with Crippen molar-refractivity contribution < 1.29 is 4.79 Å². The minimum Gasteiger partial charge on any atom is -0.337 e. The van der Waals surface area contributed by atoms with Crippen LogP contribution in [0.2, 0.25) is 0 Å². The molecule has 1 aliphatic carbocycles. The zero-order chi connectivity index (χ0) is 15.0. The van der Waals surface area contributed by atoms with Gasteiger partial charge >= 0.3 is 0 Å². The van der Waals surface area contributed by atoms with Crippen molar-refractivity contribution in [3.05, 3.63) is 41.6 Å². The van der Waals surface area contributed by atoms with Gasteiger partial charge in [0.2, 0.25) is 5.91 Å². The third-order valence-corrected chi connectivity index (χ3v) is 4.00. The second-order valence-electron chi connectivity index (χ2n) is 5.49. The summed E-state index contributed by atoms with van der Waals surface area (Å²) in [7, 11) is 0. The number of halogens is 1. The normalized spacial score (nSPS) is 24.7. The fourth-order valence-corrected chi connectivity index (χ4v) is 2.46. The highest BCUT2D eigenvalue weighted by atomic mass is 35.5. The summed E-state index contributed by atoms with van der Waals surface area (Å²) in [5.41, 5.74) is 7.74. The molecule has 1 aromatic rings. The molecule has 3 rings (SSSR count). The second-order valence-corrected chi connectivity index (χ2v) is 5.84. The number of rotatable bonds is 3. The van der Waals surface area contributed by atoms with E-state index in [1.165, 1.54) is 0 Å². The fourth-order valence-electron chi connectivity index (χ4n) is 2.27. The Labute approximate surface area is 128 Å². The summed E-state index contributed by atoms with van der Waals surface area (Å²) in [6.07, 6.45) is 3.68. The Hall–Kier alpha value is -1.85. The van der Waals surface area contributed by atoms with Crippen LogP contribution < -0.4 is 16.4 Å². The molecule has 1 fully saturated rings. The van der Waals surface area contributed by atoms with Gasteiger partial charge in [-0.1, -0.05) is 12.1 Å². The van der Waals surface area contributed by atoms with Crippen molar-refractivity contribution in [3.63, 3.8) is 0 Å². The molecule has 1 amide bonds. The fraction of sp³-hybridized carbons (Fsp3) is 0.333. The molecule has 4 N–H and O–H groups in total. The van der Waals surface area contributed by atoms with E-state index in [9.17, 15) is 4.79 Å². The van der Waals surface area contributed by atoms with Crippen LogP contribution in [0.3, 0.4) is 0 Å². The molecule has 0 saturated heterocycles. The Bertz CT molecular complexity index is 651. The van der Waals surface area contributed by atoms with Crippen LogP contribution in [0.25, 0.3) is 0 Å². The molecule has 6 heteroatoms. The van der Waals surface area contributed by atoms with Gasteiger partial charge in [-0.2, -0.15) is 0 Å². The molecule has 5 nitrogen and oxygen atoms in total. The van der Waals surface area contributed by atoms with Crippen LogP contribution in [0.1, 0.15) is 25.3 Å². The van der Waals surface area contributed by atoms with Crippen LogP contribution in [0, 0.1) is 5.92 Å². The molecule has 0 aromatic heterocycles. The van der Waals surface area contributed by atoms with Crippen LogP contribution in [0.4, 0.5) is 5.69 Å². The third-order valence-electron chi connectivity index (χ3n) is 3.80. The average molecular weight is 305 g/mol. The van der Waals surface area contributed by atoms with Crippen molar-refractivity contribution in [1.29, 1.82) is 0 Å². The van der Waals surface area contributed by atoms with Crippen molar-refractivity contribution in [3.8, 4) is 0 Å². The first-order valence-electron chi connectivity index (χ1n) is 6.88. The first-order valence-corrected chi connectivity index (χ1v) is 7.26. The molecule has 0 bridgehead atoms. The summed E-state index contributed by atoms with van der Waals surface area (Å²) in [6.45, 7) is 1.88. The molecule has 1 atom stereocenters. The molecule has 110 valence electrons. The molecule has 1 aliphatic heterocycles. The summed E-state index contributed by atoms with van der Waals surface area (Å²) < 4.78 is 0. The lowest BCUT2D eigenvalue weighted by Crippen LogP contribution is -2.41. The number of nitrogens with two attached hydrogens (primary N) is 1. The maximum absolute atomic E-state index is 11.8. The zero-order valence-electron chi connectivity index (χ0n) is 11.7. The highest BCUT2D eigenvalue weighted by Crippen LogP contribution is 2.33. The number of aliphatic imine (C=N–C) groups is 1. The van der Waals surface area contributed by atoms with Gasteiger partial charge in [-0.05, 0) is 49.1 Å². The highest BCUT2D eigenvalue weighted by Gasteiger charge is 2.33. The molecule has 2 aliphatic rings. The molecule has 0 radical (unpaired) electrons. The minimum absolute atomic E-state index is 0.0670. The lowest BCUT2D eigenvalue weighted by molar-refractivity contribution is -0.117. The summed E-state index contributed by atoms with van der Waals surface area (Å²) in [5.74, 6) is 0.228. The van der Waals surface area contributed by atoms with E-state index in [1.54, 1.807) is 6.20 Å². The standard InChI is InChI=1S/C15H17ClN4O/c1-9-8-18-14(16)20-15(9,17)11-3-2-4-12(7-11)19-13(21)10-5-6-10/h2-4,7-8,10H,5-6,17H2,1H3,(H,18,20)(H,19,21). The Morgan fingerprint density at radius 2 is 2.29 bits per heavy atom. The Morgan fingerprint density at radius 3 is 3.00 bits per heavy atom. The molecular formula is C15H17ClN4O. The number of amides is 1. The molecule has 1 unspecified atom stereocenters. The van der Waals surface area contributed by atoms with E-state index in [0.717, 1.165) is 29.7 Å². The van der Waals surface area contributed by atoms with E-state index >= 15 is 0 Å². The van der Waals surface area contributed by atoms with Gasteiger partial charge in [0.25, 0.3) is 0 Å². The van der Waals surface area contributed by atoms with Gasteiger partial charge in [0.05, 0.1) is 0 Å². The van der Waals surface area contributed by atoms with E-state index in [0.29, 0.717) is 0 Å². The average Bonchev–Trinajstić information content (AvgIpc) is 3.28. The van der Waals surface area contributed by atoms with Crippen LogP contribution in [-0.2, 0) is 10.5 Å². The van der Waals surface area contributed by atoms with Crippen LogP contribution in [0.15, 0.2) is 41.0 Å². The van der Waals surface area contributed by atoms with E-state index in [-0.39, 0.29) is 17.1 Å². The lowest BCUT2D eigenvalue weighted by atomic mass is 9.93. The monoisotopic (exact) mass is 304 g/mol. The first-order chi connectivity index (χ1) is 9.99. The van der Waals surface area contributed by atoms with Gasteiger partial charge in [-0.25, -0.2) is 4.99 Å². The van der Waals surface area contributed by atoms with Crippen molar-refractivity contribution in [2.24, 2.45) is 16.6 Å². The number of amidine groups is 1. The lowest BCUT2D eigenvalue weighted by Gasteiger charge is -2.30. The molecule has 21 heavy (non-hydrogen) atoms. The molecule has 1 aromatic carbocycles. The third kappa shape index (κ3) is 2.80. The zero-order valence-corrected chi connectivity index (χ0v) is 12.4. The number of nitrogens with one attached hydrogen (secondary N) is 2. The number of carbonyl (C=O) groups is 1. The number of hydrogen-bond acceptors (Lipinski definition) is 4. The van der Waals surface area contributed by atoms with E-state index in [1.807, 2.05) is 31.2 Å². The Balaban J connectivity index is 1.89. The van der Waals surface area contributed by atoms with Crippen LogP contribution >= 0.6 is 11.6 Å². The maximum atomic E-state index is 11.8. The van der Waals surface area contributed by atoms with E-state index in [2.05, 4.69) is 15.6 Å². The number of nitrogens with zero attached hydrogens (tertiary/aromatic N) is 1. The van der Waals surface area contributed by atoms with Crippen molar-refractivity contribution in [2.75, 3.05) is 5.32 Å². The van der Waals surface area contributed by atoms with Crippen LogP contribution in [-0.4, -0.2) is 11.2 Å². The summed E-state index contributed by atoms with van der Waals surface area (Å²) in [6, 6.07) is 7.42. The highest BCUT2D eigenvalue weighted by molar-refractivity contribution is 6.65. The topological polar surface area (TPSA) is 79.5 Å². The summed E-state index contributed by atoms with van der Waals surface area (Å²) in [4.78, 5) is 16.1. The number of anilines is 1. The SMILES string of the molecule is CC1=CNC(Cl)=NC1(N)c1cccc(NC(=O)C2CC2)c1. The maximum Gasteiger partial charge on any atom is 0.227 e. The van der Waals surface area contributed by atoms with Gasteiger partial charge in [-0.15, -0.1) is 0 Å². The Morgan fingerprint density at radius 1 is 1.52 bits per heavy atom. The van der Waals surface area contributed by atoms with E-state index in [4.69, 9.17) is 17.3 Å². The van der Waals surface area contributed by atoms with Gasteiger partial charge in [0, 0.05) is 23.4 Å². The number of benzene rings is 1. The molecular weight excluding hydrogens is 288 g/mol. The molecule has 0 spiro atoms. The smallest absolute Gasteiger partial charge is 0.227 e. The predicted octanol–water partition coefficient (Wildman–Crippen LogP) is 2.25.